The molecule has 0 spiro atoms. The first-order chi connectivity index (χ1) is 11.5. The van der Waals surface area contributed by atoms with E-state index in [-0.39, 0.29) is 18.4 Å². The summed E-state index contributed by atoms with van der Waals surface area (Å²) in [7, 11) is 1.66. The fourth-order valence-electron chi connectivity index (χ4n) is 2.13. The molecule has 1 atom stereocenters. The van der Waals surface area contributed by atoms with Gasteiger partial charge in [0.05, 0.1) is 6.61 Å². The molecule has 0 saturated heterocycles. The Morgan fingerprint density at radius 1 is 1.00 bits per heavy atom. The second kappa shape index (κ2) is 14.9. The van der Waals surface area contributed by atoms with Crippen LogP contribution in [0.25, 0.3) is 0 Å². The minimum atomic E-state index is -0.749. The van der Waals surface area contributed by atoms with E-state index in [1.807, 2.05) is 0 Å². The molecule has 0 aromatic heterocycles. The molecule has 0 N–H and O–H groups in total. The Kier molecular flexibility index (Phi) is 13.8. The molecule has 0 heterocycles. The number of esters is 2. The zero-order chi connectivity index (χ0) is 18.2. The summed E-state index contributed by atoms with van der Waals surface area (Å²) in [6, 6.07) is 0. The monoisotopic (exact) mass is 342 g/mol. The van der Waals surface area contributed by atoms with Crippen molar-refractivity contribution in [2.45, 2.75) is 51.9 Å². The fourth-order valence-corrected chi connectivity index (χ4v) is 2.13. The summed E-state index contributed by atoms with van der Waals surface area (Å²) < 4.78 is 15.0. The summed E-state index contributed by atoms with van der Waals surface area (Å²) >= 11 is 0. The molecule has 0 radical (unpaired) electrons. The number of hydrogen-bond donors (Lipinski definition) is 0. The number of hydrogen-bond acceptors (Lipinski definition) is 6. The van der Waals surface area contributed by atoms with Crippen LogP contribution in [0.15, 0.2) is 12.7 Å². The van der Waals surface area contributed by atoms with E-state index in [0.29, 0.717) is 38.9 Å². The van der Waals surface area contributed by atoms with Crippen molar-refractivity contribution < 1.29 is 28.6 Å². The second-order valence-electron chi connectivity index (χ2n) is 5.60. The molecule has 138 valence electrons. The van der Waals surface area contributed by atoms with Crippen LogP contribution in [0.4, 0.5) is 0 Å². The standard InChI is InChI=1S/C18H30O6/c1-4-12-24-18(21)16(15(2)19)10-7-9-14-23-17(20)11-6-5-8-13-22-3/h4,16H,1,5-14H2,2-3H3. The quantitative estimate of drug-likeness (QED) is 0.197. The minimum absolute atomic E-state index is 0.102. The van der Waals surface area contributed by atoms with Crippen LogP contribution in [0.2, 0.25) is 0 Å². The molecule has 6 nitrogen and oxygen atoms in total. The first-order valence-corrected chi connectivity index (χ1v) is 8.45. The Balaban J connectivity index is 3.77. The maximum Gasteiger partial charge on any atom is 0.316 e. The van der Waals surface area contributed by atoms with E-state index in [0.717, 1.165) is 19.3 Å². The molecule has 0 bridgehead atoms. The van der Waals surface area contributed by atoms with Gasteiger partial charge < -0.3 is 14.2 Å². The van der Waals surface area contributed by atoms with Crippen LogP contribution in [0.5, 0.6) is 0 Å². The number of carbonyl (C=O) groups is 3. The summed E-state index contributed by atoms with van der Waals surface area (Å²) in [6.45, 7) is 5.96. The number of unbranched alkanes of at least 4 members (excludes halogenated alkanes) is 3. The molecule has 1 unspecified atom stereocenters. The molecule has 0 aliphatic rings. The van der Waals surface area contributed by atoms with E-state index in [4.69, 9.17) is 14.2 Å². The van der Waals surface area contributed by atoms with Gasteiger partial charge in [-0.05, 0) is 39.0 Å². The Labute approximate surface area is 144 Å². The lowest BCUT2D eigenvalue weighted by atomic mass is 9.98. The second-order valence-corrected chi connectivity index (χ2v) is 5.60. The summed E-state index contributed by atoms with van der Waals surface area (Å²) in [6.07, 6.45) is 6.19. The highest BCUT2D eigenvalue weighted by molar-refractivity contribution is 5.97. The first kappa shape index (κ1) is 22.3. The zero-order valence-electron chi connectivity index (χ0n) is 14.9. The van der Waals surface area contributed by atoms with E-state index in [9.17, 15) is 14.4 Å². The number of ether oxygens (including phenoxy) is 3. The Bertz CT molecular complexity index is 391. The van der Waals surface area contributed by atoms with Gasteiger partial charge >= 0.3 is 11.9 Å². The van der Waals surface area contributed by atoms with Crippen molar-refractivity contribution in [3.8, 4) is 0 Å². The highest BCUT2D eigenvalue weighted by atomic mass is 16.5. The van der Waals surface area contributed by atoms with Crippen LogP contribution in [-0.4, -0.2) is 44.7 Å². The van der Waals surface area contributed by atoms with Crippen LogP contribution in [0.3, 0.4) is 0 Å². The Hall–Kier alpha value is -1.69. The van der Waals surface area contributed by atoms with Gasteiger partial charge in [0.15, 0.2) is 0 Å². The van der Waals surface area contributed by atoms with Crippen LogP contribution < -0.4 is 0 Å². The molecule has 0 rings (SSSR count). The van der Waals surface area contributed by atoms with Gasteiger partial charge in [-0.1, -0.05) is 19.1 Å². The molecule has 0 fully saturated rings. The number of rotatable bonds is 15. The number of ketones is 1. The van der Waals surface area contributed by atoms with Crippen LogP contribution in [-0.2, 0) is 28.6 Å². The molecule has 6 heteroatoms. The van der Waals surface area contributed by atoms with Gasteiger partial charge in [0, 0.05) is 20.1 Å². The third-order valence-electron chi connectivity index (χ3n) is 3.50. The minimum Gasteiger partial charge on any atom is -0.466 e. The third kappa shape index (κ3) is 11.8. The van der Waals surface area contributed by atoms with Gasteiger partial charge in [0.1, 0.15) is 18.3 Å². The largest absolute Gasteiger partial charge is 0.466 e. The predicted octanol–water partition coefficient (Wildman–Crippen LogP) is 2.84. The lowest BCUT2D eigenvalue weighted by Gasteiger charge is -2.12. The third-order valence-corrected chi connectivity index (χ3v) is 3.50. The fraction of sp³-hybridized carbons (Fsp3) is 0.722. The van der Waals surface area contributed by atoms with Crippen molar-refractivity contribution in [2.24, 2.45) is 5.92 Å². The number of methoxy groups -OCH3 is 1. The van der Waals surface area contributed by atoms with Gasteiger partial charge in [0.2, 0.25) is 0 Å². The Morgan fingerprint density at radius 3 is 2.33 bits per heavy atom. The zero-order valence-corrected chi connectivity index (χ0v) is 14.9. The smallest absolute Gasteiger partial charge is 0.316 e. The first-order valence-electron chi connectivity index (χ1n) is 8.45. The highest BCUT2D eigenvalue weighted by Crippen LogP contribution is 2.12. The van der Waals surface area contributed by atoms with Crippen molar-refractivity contribution in [1.82, 2.24) is 0 Å². The van der Waals surface area contributed by atoms with Gasteiger partial charge in [-0.2, -0.15) is 0 Å². The number of Topliss-reactive ketones (excluding diaryl/α,β-unsaturated/α-hetero) is 1. The number of carbonyl (C=O) groups excluding carboxylic acids is 3. The maximum absolute atomic E-state index is 11.7. The topological polar surface area (TPSA) is 78.9 Å². The summed E-state index contributed by atoms with van der Waals surface area (Å²) in [5, 5.41) is 0. The SMILES string of the molecule is C=CCOC(=O)C(CCCCOC(=O)CCCCCOC)C(C)=O. The van der Waals surface area contributed by atoms with Gasteiger partial charge in [-0.25, -0.2) is 0 Å². The summed E-state index contributed by atoms with van der Waals surface area (Å²) in [4.78, 5) is 34.7. The van der Waals surface area contributed by atoms with E-state index < -0.39 is 11.9 Å². The van der Waals surface area contributed by atoms with Crippen molar-refractivity contribution in [1.29, 1.82) is 0 Å². The van der Waals surface area contributed by atoms with Crippen LogP contribution >= 0.6 is 0 Å². The average molecular weight is 342 g/mol. The molecule has 0 amide bonds. The maximum atomic E-state index is 11.7. The lowest BCUT2D eigenvalue weighted by molar-refractivity contribution is -0.151. The van der Waals surface area contributed by atoms with E-state index in [1.165, 1.54) is 13.0 Å². The van der Waals surface area contributed by atoms with Crippen molar-refractivity contribution in [3.63, 3.8) is 0 Å². The summed E-state index contributed by atoms with van der Waals surface area (Å²) in [5.41, 5.74) is 0. The average Bonchev–Trinajstić information content (AvgIpc) is 2.55. The van der Waals surface area contributed by atoms with Crippen LogP contribution in [0.1, 0.15) is 51.9 Å². The van der Waals surface area contributed by atoms with Crippen LogP contribution in [0, 0.1) is 5.92 Å². The normalized spacial score (nSPS) is 11.6. The highest BCUT2D eigenvalue weighted by Gasteiger charge is 2.24. The molecule has 0 aliphatic heterocycles. The van der Waals surface area contributed by atoms with Gasteiger partial charge in [-0.3, -0.25) is 14.4 Å². The van der Waals surface area contributed by atoms with Gasteiger partial charge in [-0.15, -0.1) is 0 Å². The van der Waals surface area contributed by atoms with Crippen molar-refractivity contribution in [3.05, 3.63) is 12.7 Å². The molecule has 0 aromatic rings. The molecular weight excluding hydrogens is 312 g/mol. The molecule has 0 aromatic carbocycles. The van der Waals surface area contributed by atoms with E-state index >= 15 is 0 Å². The van der Waals surface area contributed by atoms with E-state index in [1.54, 1.807) is 7.11 Å². The summed E-state index contributed by atoms with van der Waals surface area (Å²) in [5.74, 6) is -1.69. The predicted molar refractivity (Wildman–Crippen MR) is 90.5 cm³/mol. The Morgan fingerprint density at radius 2 is 1.71 bits per heavy atom. The van der Waals surface area contributed by atoms with Crippen molar-refractivity contribution >= 4 is 17.7 Å². The molecule has 0 saturated carbocycles. The molecule has 24 heavy (non-hydrogen) atoms. The lowest BCUT2D eigenvalue weighted by Crippen LogP contribution is -2.24. The van der Waals surface area contributed by atoms with Gasteiger partial charge in [0.25, 0.3) is 0 Å². The molecule has 0 aliphatic carbocycles. The van der Waals surface area contributed by atoms with Crippen molar-refractivity contribution in [2.75, 3.05) is 26.9 Å². The van der Waals surface area contributed by atoms with E-state index in [2.05, 4.69) is 6.58 Å². The molecular formula is C18H30O6.